The Morgan fingerprint density at radius 2 is 1.80 bits per heavy atom. The maximum absolute atomic E-state index is 13.8. The van der Waals surface area contributed by atoms with Gasteiger partial charge < -0.3 is 15.1 Å². The summed E-state index contributed by atoms with van der Waals surface area (Å²) in [6.07, 6.45) is 5.27. The van der Waals surface area contributed by atoms with Crippen molar-refractivity contribution in [2.45, 2.75) is 64.1 Å². The number of hydrogen-bond acceptors (Lipinski definition) is 7. The molecule has 5 heterocycles. The predicted octanol–water partition coefficient (Wildman–Crippen LogP) is 3.09. The molecule has 44 heavy (non-hydrogen) atoms. The number of carbonyl (C=O) groups is 3. The second kappa shape index (κ2) is 13.2. The highest BCUT2D eigenvalue weighted by atomic mass is 16.2. The lowest BCUT2D eigenvalue weighted by atomic mass is 9.99. The molecular weight excluding hydrogens is 558 g/mol. The number of H-pyrrole nitrogens is 1. The zero-order valence-electron chi connectivity index (χ0n) is 24.9. The Morgan fingerprint density at radius 3 is 2.61 bits per heavy atom. The third-order valence-electron chi connectivity index (χ3n) is 8.27. The van der Waals surface area contributed by atoms with Gasteiger partial charge in [-0.1, -0.05) is 36.4 Å². The third-order valence-corrected chi connectivity index (χ3v) is 8.27. The first-order chi connectivity index (χ1) is 21.5. The van der Waals surface area contributed by atoms with Crippen LogP contribution in [0.4, 0.5) is 0 Å². The van der Waals surface area contributed by atoms with Gasteiger partial charge >= 0.3 is 0 Å². The standard InChI is InChI=1S/C32H37N9O3/c1-22-34-30-26(20-23-10-3-2-4-11-23)35-31(43)28-13-6-8-17-40(28)29(42)14-9-16-39(18-19-41(30)38-22)32(44)27-21-25(36-37-27)24-12-5-7-15-33-24/h2-5,7,10-12,15,21,26,28H,6,8-9,13-14,16-20H2,1H3,(H,35,43)(H,36,37)/t26-,28+/m1/s1. The number of benzene rings is 1. The molecule has 2 aliphatic heterocycles. The predicted molar refractivity (Wildman–Crippen MR) is 162 cm³/mol. The molecular formula is C32H37N9O3. The van der Waals surface area contributed by atoms with E-state index in [1.165, 1.54) is 0 Å². The molecule has 2 atom stereocenters. The first-order valence-corrected chi connectivity index (χ1v) is 15.3. The van der Waals surface area contributed by atoms with Crippen molar-refractivity contribution in [3.63, 3.8) is 0 Å². The van der Waals surface area contributed by atoms with Crippen molar-refractivity contribution in [1.82, 2.24) is 45.1 Å². The molecule has 2 aliphatic rings. The number of pyridine rings is 1. The number of nitrogens with zero attached hydrogens (tertiary/aromatic N) is 7. The van der Waals surface area contributed by atoms with Gasteiger partial charge in [-0.2, -0.15) is 10.2 Å². The fourth-order valence-electron chi connectivity index (χ4n) is 6.06. The number of nitrogens with one attached hydrogen (secondary N) is 2. The number of fused-ring (bicyclic) bond motifs is 2. The van der Waals surface area contributed by atoms with Crippen LogP contribution in [0.15, 0.2) is 60.8 Å². The van der Waals surface area contributed by atoms with E-state index in [0.717, 1.165) is 18.4 Å². The van der Waals surface area contributed by atoms with Gasteiger partial charge in [-0.15, -0.1) is 0 Å². The van der Waals surface area contributed by atoms with Gasteiger partial charge in [-0.25, -0.2) is 9.67 Å². The highest BCUT2D eigenvalue weighted by molar-refractivity contribution is 5.93. The maximum atomic E-state index is 13.8. The summed E-state index contributed by atoms with van der Waals surface area (Å²) in [4.78, 5) is 53.5. The number of aryl methyl sites for hydroxylation is 1. The van der Waals surface area contributed by atoms with Crippen molar-refractivity contribution in [2.75, 3.05) is 19.6 Å². The molecule has 12 heteroatoms. The molecule has 0 spiro atoms. The second-order valence-electron chi connectivity index (χ2n) is 11.4. The monoisotopic (exact) mass is 595 g/mol. The minimum atomic E-state index is -0.539. The van der Waals surface area contributed by atoms with Crippen molar-refractivity contribution >= 4 is 17.7 Å². The van der Waals surface area contributed by atoms with Crippen LogP contribution >= 0.6 is 0 Å². The van der Waals surface area contributed by atoms with Crippen LogP contribution in [-0.2, 0) is 22.6 Å². The van der Waals surface area contributed by atoms with Gasteiger partial charge in [0.15, 0.2) is 0 Å². The summed E-state index contributed by atoms with van der Waals surface area (Å²) in [6.45, 7) is 3.43. The number of carbonyl (C=O) groups excluding carboxylic acids is 3. The summed E-state index contributed by atoms with van der Waals surface area (Å²) in [7, 11) is 0. The van der Waals surface area contributed by atoms with Crippen molar-refractivity contribution in [2.24, 2.45) is 0 Å². The van der Waals surface area contributed by atoms with Crippen LogP contribution in [0.5, 0.6) is 0 Å². The summed E-state index contributed by atoms with van der Waals surface area (Å²) < 4.78 is 1.80. The Balaban J connectivity index is 1.31. The SMILES string of the molecule is Cc1nc2n(n1)CCN(C(=O)c1cc(-c3ccccn3)n[nH]1)CCCC(=O)N1CCCC[C@H]1C(=O)N[C@@H]2Cc1ccccc1. The lowest BCUT2D eigenvalue weighted by Gasteiger charge is -2.36. The van der Waals surface area contributed by atoms with Gasteiger partial charge in [-0.05, 0) is 62.8 Å². The van der Waals surface area contributed by atoms with E-state index < -0.39 is 12.1 Å². The van der Waals surface area contributed by atoms with Gasteiger partial charge in [0.05, 0.1) is 18.3 Å². The summed E-state index contributed by atoms with van der Waals surface area (Å²) in [5.74, 6) is 0.756. The highest BCUT2D eigenvalue weighted by Crippen LogP contribution is 2.23. The molecule has 228 valence electrons. The Kier molecular flexibility index (Phi) is 8.76. The normalized spacial score (nSPS) is 19.9. The van der Waals surface area contributed by atoms with Crippen molar-refractivity contribution in [3.05, 3.63) is 83.7 Å². The van der Waals surface area contributed by atoms with Crippen molar-refractivity contribution in [1.29, 1.82) is 0 Å². The quantitative estimate of drug-likeness (QED) is 0.369. The van der Waals surface area contributed by atoms with Crippen LogP contribution in [0, 0.1) is 6.92 Å². The molecule has 1 fully saturated rings. The molecule has 1 saturated heterocycles. The van der Waals surface area contributed by atoms with Gasteiger partial charge in [-0.3, -0.25) is 24.5 Å². The number of amides is 3. The minimum absolute atomic E-state index is 0.0630. The van der Waals surface area contributed by atoms with Crippen LogP contribution < -0.4 is 5.32 Å². The molecule has 2 N–H and O–H groups in total. The van der Waals surface area contributed by atoms with Crippen molar-refractivity contribution < 1.29 is 14.4 Å². The zero-order valence-corrected chi connectivity index (χ0v) is 24.9. The van der Waals surface area contributed by atoms with Crippen molar-refractivity contribution in [3.8, 4) is 11.4 Å². The van der Waals surface area contributed by atoms with E-state index in [4.69, 9.17) is 4.98 Å². The molecule has 0 radical (unpaired) electrons. The van der Waals surface area contributed by atoms with E-state index in [2.05, 4.69) is 25.6 Å². The van der Waals surface area contributed by atoms with E-state index in [1.807, 2.05) is 55.5 Å². The molecule has 1 aromatic carbocycles. The molecule has 12 nitrogen and oxygen atoms in total. The number of aromatic amines is 1. The molecule has 6 rings (SSSR count). The second-order valence-corrected chi connectivity index (χ2v) is 11.4. The topological polar surface area (TPSA) is 142 Å². The van der Waals surface area contributed by atoms with Gasteiger partial charge in [0.2, 0.25) is 11.8 Å². The lowest BCUT2D eigenvalue weighted by molar-refractivity contribution is -0.142. The average Bonchev–Trinajstić information content (AvgIpc) is 3.69. The van der Waals surface area contributed by atoms with E-state index in [1.54, 1.807) is 26.7 Å². The van der Waals surface area contributed by atoms with Crippen LogP contribution in [-0.4, -0.2) is 83.1 Å². The van der Waals surface area contributed by atoms with Crippen LogP contribution in [0.3, 0.4) is 0 Å². The molecule has 0 unspecified atom stereocenters. The van der Waals surface area contributed by atoms with Crippen LogP contribution in [0.2, 0.25) is 0 Å². The Hall–Kier alpha value is -4.87. The molecule has 0 bridgehead atoms. The van der Waals surface area contributed by atoms with E-state index >= 15 is 0 Å². The number of hydrogen-bond donors (Lipinski definition) is 2. The summed E-state index contributed by atoms with van der Waals surface area (Å²) >= 11 is 0. The molecule has 0 saturated carbocycles. The Labute approximate surface area is 255 Å². The van der Waals surface area contributed by atoms with E-state index in [-0.39, 0.29) is 24.1 Å². The zero-order chi connectivity index (χ0) is 30.5. The number of piperidine rings is 1. The van der Waals surface area contributed by atoms with E-state index in [0.29, 0.717) is 74.2 Å². The van der Waals surface area contributed by atoms with Crippen LogP contribution in [0.1, 0.15) is 65.8 Å². The molecule has 3 amide bonds. The summed E-state index contributed by atoms with van der Waals surface area (Å²) in [6, 6.07) is 16.2. The molecule has 0 aliphatic carbocycles. The fourth-order valence-corrected chi connectivity index (χ4v) is 6.06. The number of aromatic nitrogens is 6. The third kappa shape index (κ3) is 6.53. The van der Waals surface area contributed by atoms with Gasteiger partial charge in [0, 0.05) is 32.3 Å². The van der Waals surface area contributed by atoms with Gasteiger partial charge in [0.25, 0.3) is 5.91 Å². The summed E-state index contributed by atoms with van der Waals surface area (Å²) in [5.41, 5.74) is 2.64. The lowest BCUT2D eigenvalue weighted by Crippen LogP contribution is -2.53. The fraction of sp³-hybridized carbons (Fsp3) is 0.406. The molecule has 3 aromatic heterocycles. The van der Waals surface area contributed by atoms with Crippen LogP contribution in [0.25, 0.3) is 11.4 Å². The van der Waals surface area contributed by atoms with E-state index in [9.17, 15) is 14.4 Å². The highest BCUT2D eigenvalue weighted by Gasteiger charge is 2.34. The Morgan fingerprint density at radius 1 is 0.955 bits per heavy atom. The largest absolute Gasteiger partial charge is 0.344 e. The first kappa shape index (κ1) is 29.2. The molecule has 4 aromatic rings. The maximum Gasteiger partial charge on any atom is 0.271 e. The minimum Gasteiger partial charge on any atom is -0.344 e. The average molecular weight is 596 g/mol. The summed E-state index contributed by atoms with van der Waals surface area (Å²) in [5, 5.41) is 15.1. The first-order valence-electron chi connectivity index (χ1n) is 15.3. The Bertz CT molecular complexity index is 1600. The van der Waals surface area contributed by atoms with Gasteiger partial charge in [0.1, 0.15) is 29.1 Å². The smallest absolute Gasteiger partial charge is 0.271 e. The number of rotatable bonds is 4.